The van der Waals surface area contributed by atoms with Gasteiger partial charge in [0, 0.05) is 5.38 Å². The number of carboxylic acids is 1. The van der Waals surface area contributed by atoms with Gasteiger partial charge in [0.05, 0.1) is 18.0 Å². The molecule has 0 aliphatic heterocycles. The summed E-state index contributed by atoms with van der Waals surface area (Å²) in [6.45, 7) is 1.93. The minimum absolute atomic E-state index is 0.140. The van der Waals surface area contributed by atoms with Crippen molar-refractivity contribution in [2.45, 2.75) is 19.4 Å². The number of carbonyl (C=O) groups excluding carboxylic acids is 1. The van der Waals surface area contributed by atoms with E-state index in [2.05, 4.69) is 5.32 Å². The Kier molecular flexibility index (Phi) is 4.53. The molecule has 0 spiro atoms. The molecule has 1 aromatic heterocycles. The first-order valence-corrected chi connectivity index (χ1v) is 7.12. The lowest BCUT2D eigenvalue weighted by Gasteiger charge is -2.17. The average molecular weight is 289 g/mol. The number of carboxylic acid groups (broad SMARTS) is 1. The molecule has 1 unspecified atom stereocenters. The first-order chi connectivity index (χ1) is 9.56. The first kappa shape index (κ1) is 14.3. The molecule has 0 bridgehead atoms. The van der Waals surface area contributed by atoms with Crippen molar-refractivity contribution in [3.63, 3.8) is 0 Å². The molecule has 20 heavy (non-hydrogen) atoms. The van der Waals surface area contributed by atoms with Crippen molar-refractivity contribution in [1.82, 2.24) is 5.32 Å². The van der Waals surface area contributed by atoms with Gasteiger partial charge in [0.1, 0.15) is 0 Å². The Morgan fingerprint density at radius 2 is 2.15 bits per heavy atom. The lowest BCUT2D eigenvalue weighted by Crippen LogP contribution is -2.30. The number of benzene rings is 1. The Balaban J connectivity index is 2.20. The minimum atomic E-state index is -0.942. The summed E-state index contributed by atoms with van der Waals surface area (Å²) in [7, 11) is 0. The lowest BCUT2D eigenvalue weighted by molar-refractivity contribution is -0.137. The Hall–Kier alpha value is -2.14. The average Bonchev–Trinajstić information content (AvgIpc) is 2.91. The molecule has 2 N–H and O–H groups in total. The second kappa shape index (κ2) is 6.34. The molecular weight excluding hydrogens is 274 g/mol. The summed E-state index contributed by atoms with van der Waals surface area (Å²) in [5, 5.41) is 15.3. The molecule has 1 atom stereocenters. The van der Waals surface area contributed by atoms with E-state index >= 15 is 0 Å². The highest BCUT2D eigenvalue weighted by Crippen LogP contribution is 2.19. The second-order valence-corrected chi connectivity index (χ2v) is 5.33. The van der Waals surface area contributed by atoms with Crippen LogP contribution in [0.15, 0.2) is 41.1 Å². The van der Waals surface area contributed by atoms with E-state index in [1.165, 1.54) is 11.3 Å². The van der Waals surface area contributed by atoms with Gasteiger partial charge >= 0.3 is 5.97 Å². The van der Waals surface area contributed by atoms with Crippen LogP contribution in [0.5, 0.6) is 0 Å². The Morgan fingerprint density at radius 3 is 2.75 bits per heavy atom. The second-order valence-electron chi connectivity index (χ2n) is 4.55. The van der Waals surface area contributed by atoms with Crippen molar-refractivity contribution in [3.05, 3.63) is 57.8 Å². The van der Waals surface area contributed by atoms with Gasteiger partial charge < -0.3 is 10.4 Å². The van der Waals surface area contributed by atoms with Gasteiger partial charge in [-0.15, -0.1) is 0 Å². The summed E-state index contributed by atoms with van der Waals surface area (Å²) in [5.74, 6) is -1.19. The molecule has 2 aromatic rings. The molecular formula is C15H15NO3S. The van der Waals surface area contributed by atoms with Gasteiger partial charge in [-0.05, 0) is 23.9 Å². The van der Waals surface area contributed by atoms with Gasteiger partial charge in [-0.2, -0.15) is 11.3 Å². The van der Waals surface area contributed by atoms with Crippen LogP contribution >= 0.6 is 11.3 Å². The maximum absolute atomic E-state index is 12.1. The van der Waals surface area contributed by atoms with Gasteiger partial charge in [0.15, 0.2) is 0 Å². The topological polar surface area (TPSA) is 66.4 Å². The van der Waals surface area contributed by atoms with Crippen LogP contribution < -0.4 is 5.32 Å². The molecule has 2 rings (SSSR count). The van der Waals surface area contributed by atoms with Gasteiger partial charge in [-0.3, -0.25) is 9.59 Å². The van der Waals surface area contributed by atoms with E-state index in [9.17, 15) is 9.59 Å². The Bertz CT molecular complexity index is 607. The zero-order valence-corrected chi connectivity index (χ0v) is 11.8. The van der Waals surface area contributed by atoms with Crippen molar-refractivity contribution in [3.8, 4) is 0 Å². The quantitative estimate of drug-likeness (QED) is 0.889. The van der Waals surface area contributed by atoms with Crippen molar-refractivity contribution in [2.75, 3.05) is 0 Å². The zero-order valence-electron chi connectivity index (χ0n) is 11.0. The summed E-state index contributed by atoms with van der Waals surface area (Å²) in [5.41, 5.74) is 2.39. The third-order valence-electron chi connectivity index (χ3n) is 2.91. The number of carbonyl (C=O) groups is 2. The number of hydrogen-bond acceptors (Lipinski definition) is 3. The molecule has 0 saturated carbocycles. The third kappa shape index (κ3) is 3.68. The van der Waals surface area contributed by atoms with Crippen LogP contribution in [-0.2, 0) is 4.79 Å². The van der Waals surface area contributed by atoms with Crippen LogP contribution in [0.4, 0.5) is 0 Å². The SMILES string of the molecule is Cc1cccc(C(CC(=O)O)NC(=O)c2ccsc2)c1. The van der Waals surface area contributed by atoms with E-state index in [0.717, 1.165) is 11.1 Å². The van der Waals surface area contributed by atoms with E-state index in [1.807, 2.05) is 36.6 Å². The van der Waals surface area contributed by atoms with Gasteiger partial charge in [-0.25, -0.2) is 0 Å². The molecule has 1 amide bonds. The van der Waals surface area contributed by atoms with Gasteiger partial charge in [0.2, 0.25) is 0 Å². The van der Waals surface area contributed by atoms with E-state index in [0.29, 0.717) is 5.56 Å². The maximum atomic E-state index is 12.1. The number of rotatable bonds is 5. The summed E-state index contributed by atoms with van der Waals surface area (Å²) in [6, 6.07) is 8.70. The molecule has 5 heteroatoms. The summed E-state index contributed by atoms with van der Waals surface area (Å²) in [6.07, 6.45) is -0.140. The van der Waals surface area contributed by atoms with Gasteiger partial charge in [0.25, 0.3) is 5.91 Å². The molecule has 0 aliphatic rings. The van der Waals surface area contributed by atoms with Crippen LogP contribution in [0, 0.1) is 6.92 Å². The fraction of sp³-hybridized carbons (Fsp3) is 0.200. The highest BCUT2D eigenvalue weighted by Gasteiger charge is 2.19. The van der Waals surface area contributed by atoms with Crippen molar-refractivity contribution >= 4 is 23.2 Å². The molecule has 0 fully saturated rings. The van der Waals surface area contributed by atoms with Crippen LogP contribution in [-0.4, -0.2) is 17.0 Å². The Morgan fingerprint density at radius 1 is 1.35 bits per heavy atom. The number of amides is 1. The molecule has 0 aliphatic carbocycles. The standard InChI is InChI=1S/C15H15NO3S/c1-10-3-2-4-11(7-10)13(8-14(17)18)16-15(19)12-5-6-20-9-12/h2-7,9,13H,8H2,1H3,(H,16,19)(H,17,18). The summed E-state index contributed by atoms with van der Waals surface area (Å²) < 4.78 is 0. The van der Waals surface area contributed by atoms with Crippen molar-refractivity contribution in [1.29, 1.82) is 0 Å². The summed E-state index contributed by atoms with van der Waals surface area (Å²) >= 11 is 1.43. The molecule has 4 nitrogen and oxygen atoms in total. The number of hydrogen-bond donors (Lipinski definition) is 2. The molecule has 0 radical (unpaired) electrons. The number of thiophene rings is 1. The monoisotopic (exact) mass is 289 g/mol. The largest absolute Gasteiger partial charge is 0.481 e. The Labute approximate surface area is 121 Å². The van der Waals surface area contributed by atoms with E-state index in [4.69, 9.17) is 5.11 Å². The number of aliphatic carboxylic acids is 1. The highest BCUT2D eigenvalue weighted by atomic mass is 32.1. The minimum Gasteiger partial charge on any atom is -0.481 e. The van der Waals surface area contributed by atoms with Crippen molar-refractivity contribution < 1.29 is 14.7 Å². The number of nitrogens with one attached hydrogen (secondary N) is 1. The molecule has 1 aromatic carbocycles. The normalized spacial score (nSPS) is 11.8. The molecule has 104 valence electrons. The lowest BCUT2D eigenvalue weighted by atomic mass is 10.0. The van der Waals surface area contributed by atoms with Crippen LogP contribution in [0.1, 0.15) is 33.9 Å². The van der Waals surface area contributed by atoms with Crippen LogP contribution in [0.25, 0.3) is 0 Å². The highest BCUT2D eigenvalue weighted by molar-refractivity contribution is 7.08. The van der Waals surface area contributed by atoms with E-state index < -0.39 is 12.0 Å². The van der Waals surface area contributed by atoms with Crippen molar-refractivity contribution in [2.24, 2.45) is 0 Å². The van der Waals surface area contributed by atoms with E-state index in [-0.39, 0.29) is 12.3 Å². The van der Waals surface area contributed by atoms with E-state index in [1.54, 1.807) is 11.4 Å². The van der Waals surface area contributed by atoms with Crippen LogP contribution in [0.3, 0.4) is 0 Å². The van der Waals surface area contributed by atoms with Crippen LogP contribution in [0.2, 0.25) is 0 Å². The predicted octanol–water partition coefficient (Wildman–Crippen LogP) is 3.00. The summed E-state index contributed by atoms with van der Waals surface area (Å²) in [4.78, 5) is 23.0. The fourth-order valence-electron chi connectivity index (χ4n) is 1.95. The van der Waals surface area contributed by atoms with Gasteiger partial charge in [-0.1, -0.05) is 29.8 Å². The first-order valence-electron chi connectivity index (χ1n) is 6.17. The maximum Gasteiger partial charge on any atom is 0.305 e. The number of aryl methyl sites for hydroxylation is 1. The molecule has 1 heterocycles. The zero-order chi connectivity index (χ0) is 14.5. The fourth-order valence-corrected chi connectivity index (χ4v) is 2.58. The predicted molar refractivity (Wildman–Crippen MR) is 78.0 cm³/mol. The molecule has 0 saturated heterocycles. The third-order valence-corrected chi connectivity index (χ3v) is 3.60. The smallest absolute Gasteiger partial charge is 0.305 e.